The Kier molecular flexibility index (Phi) is 4.81. The van der Waals surface area contributed by atoms with Crippen molar-refractivity contribution in [3.8, 4) is 11.5 Å². The van der Waals surface area contributed by atoms with Crippen LogP contribution in [-0.2, 0) is 20.9 Å². The Bertz CT molecular complexity index is 750. The first kappa shape index (κ1) is 15.7. The summed E-state index contributed by atoms with van der Waals surface area (Å²) in [6, 6.07) is 8.76. The molecule has 1 aliphatic rings. The molecule has 24 heavy (non-hydrogen) atoms. The van der Waals surface area contributed by atoms with Gasteiger partial charge in [0.25, 0.3) is 5.91 Å². The number of furan rings is 1. The molecule has 0 bridgehead atoms. The van der Waals surface area contributed by atoms with E-state index < -0.39 is 11.9 Å². The third kappa shape index (κ3) is 4.16. The molecule has 7 nitrogen and oxygen atoms in total. The normalized spacial score (nSPS) is 12.3. The largest absolute Gasteiger partial charge is 0.467 e. The Balaban J connectivity index is 1.42. The zero-order valence-corrected chi connectivity index (χ0v) is 12.7. The first-order chi connectivity index (χ1) is 11.7. The van der Waals surface area contributed by atoms with Crippen LogP contribution in [0.4, 0.5) is 0 Å². The summed E-state index contributed by atoms with van der Waals surface area (Å²) in [5.41, 5.74) is 0.762. The maximum Gasteiger partial charge on any atom is 0.331 e. The maximum atomic E-state index is 11.6. The third-order valence-electron chi connectivity index (χ3n) is 3.19. The summed E-state index contributed by atoms with van der Waals surface area (Å²) < 4.78 is 20.4. The molecule has 0 aliphatic carbocycles. The highest BCUT2D eigenvalue weighted by atomic mass is 16.7. The molecule has 0 radical (unpaired) electrons. The highest BCUT2D eigenvalue weighted by Crippen LogP contribution is 2.32. The van der Waals surface area contributed by atoms with E-state index in [0.29, 0.717) is 17.3 Å². The van der Waals surface area contributed by atoms with Crippen molar-refractivity contribution in [2.24, 2.45) is 0 Å². The zero-order valence-electron chi connectivity index (χ0n) is 12.7. The molecule has 124 valence electrons. The molecule has 0 atom stereocenters. The fourth-order valence-corrected chi connectivity index (χ4v) is 2.02. The molecule has 2 aromatic rings. The lowest BCUT2D eigenvalue weighted by Gasteiger charge is -2.03. The summed E-state index contributed by atoms with van der Waals surface area (Å²) in [4.78, 5) is 23.2. The van der Waals surface area contributed by atoms with Crippen molar-refractivity contribution in [2.75, 3.05) is 13.4 Å². The van der Waals surface area contributed by atoms with Gasteiger partial charge in [-0.15, -0.1) is 0 Å². The lowest BCUT2D eigenvalue weighted by Crippen LogP contribution is -2.27. The van der Waals surface area contributed by atoms with E-state index in [1.807, 2.05) is 0 Å². The fourth-order valence-electron chi connectivity index (χ4n) is 2.02. The van der Waals surface area contributed by atoms with Crippen molar-refractivity contribution in [1.82, 2.24) is 5.32 Å². The van der Waals surface area contributed by atoms with Crippen molar-refractivity contribution in [3.05, 3.63) is 54.0 Å². The van der Waals surface area contributed by atoms with Gasteiger partial charge in [0.05, 0.1) is 12.8 Å². The molecule has 0 fully saturated rings. The lowest BCUT2D eigenvalue weighted by molar-refractivity contribution is -0.143. The van der Waals surface area contributed by atoms with Crippen LogP contribution >= 0.6 is 0 Å². The Morgan fingerprint density at radius 2 is 2.08 bits per heavy atom. The number of nitrogens with one attached hydrogen (secondary N) is 1. The second kappa shape index (κ2) is 7.36. The molecule has 0 saturated heterocycles. The van der Waals surface area contributed by atoms with E-state index in [9.17, 15) is 9.59 Å². The number of rotatable bonds is 6. The summed E-state index contributed by atoms with van der Waals surface area (Å²) in [5.74, 6) is 0.903. The molecular weight excluding hydrogens is 314 g/mol. The van der Waals surface area contributed by atoms with E-state index in [2.05, 4.69) is 5.32 Å². The number of carbonyl (C=O) groups is 2. The van der Waals surface area contributed by atoms with Gasteiger partial charge >= 0.3 is 5.97 Å². The van der Waals surface area contributed by atoms with Crippen molar-refractivity contribution < 1.29 is 28.2 Å². The van der Waals surface area contributed by atoms with Gasteiger partial charge < -0.3 is 23.9 Å². The predicted octanol–water partition coefficient (Wildman–Crippen LogP) is 1.88. The molecule has 0 saturated carbocycles. The van der Waals surface area contributed by atoms with E-state index in [4.69, 9.17) is 18.6 Å². The number of carbonyl (C=O) groups excluding carboxylic acids is 2. The molecular formula is C17H15NO6. The molecule has 1 aromatic carbocycles. The Morgan fingerprint density at radius 1 is 1.21 bits per heavy atom. The van der Waals surface area contributed by atoms with Gasteiger partial charge in [0.2, 0.25) is 6.79 Å². The number of benzene rings is 1. The van der Waals surface area contributed by atoms with Crippen LogP contribution in [0.3, 0.4) is 0 Å². The lowest BCUT2D eigenvalue weighted by atomic mass is 10.2. The van der Waals surface area contributed by atoms with Crippen molar-refractivity contribution in [3.63, 3.8) is 0 Å². The maximum absolute atomic E-state index is 11.6. The van der Waals surface area contributed by atoms with Crippen molar-refractivity contribution >= 4 is 18.0 Å². The Morgan fingerprint density at radius 3 is 2.92 bits per heavy atom. The summed E-state index contributed by atoms with van der Waals surface area (Å²) >= 11 is 0. The van der Waals surface area contributed by atoms with E-state index in [0.717, 1.165) is 5.56 Å². The standard InChI is InChI=1S/C17H15NO6/c19-16(18-9-13-2-1-7-21-13)10-22-17(20)6-4-12-3-5-14-15(8-12)24-11-23-14/h1-8H,9-11H2,(H,18,19). The average molecular weight is 329 g/mol. The van der Waals surface area contributed by atoms with E-state index in [-0.39, 0.29) is 19.9 Å². The highest BCUT2D eigenvalue weighted by molar-refractivity contribution is 5.89. The van der Waals surface area contributed by atoms with Crippen LogP contribution in [0.2, 0.25) is 0 Å². The average Bonchev–Trinajstić information content (AvgIpc) is 3.26. The summed E-state index contributed by atoms with van der Waals surface area (Å²) in [5, 5.41) is 2.58. The number of esters is 1. The van der Waals surface area contributed by atoms with Gasteiger partial charge in [-0.05, 0) is 35.9 Å². The summed E-state index contributed by atoms with van der Waals surface area (Å²) in [6.07, 6.45) is 4.34. The topological polar surface area (TPSA) is 87.0 Å². The second-order valence-electron chi connectivity index (χ2n) is 4.91. The minimum atomic E-state index is -0.610. The van der Waals surface area contributed by atoms with Gasteiger partial charge in [-0.25, -0.2) is 4.79 Å². The first-order valence-corrected chi connectivity index (χ1v) is 7.24. The van der Waals surface area contributed by atoms with Crippen LogP contribution in [0.25, 0.3) is 6.08 Å². The monoisotopic (exact) mass is 329 g/mol. The quantitative estimate of drug-likeness (QED) is 0.643. The molecule has 2 heterocycles. The van der Waals surface area contributed by atoms with Crippen LogP contribution in [0.15, 0.2) is 47.1 Å². The fraction of sp³-hybridized carbons (Fsp3) is 0.176. The Labute approximate surface area is 137 Å². The number of fused-ring (bicyclic) bond motifs is 1. The Hall–Kier alpha value is -3.22. The van der Waals surface area contributed by atoms with Crippen LogP contribution in [0.5, 0.6) is 11.5 Å². The van der Waals surface area contributed by atoms with Gasteiger partial charge in [-0.3, -0.25) is 4.79 Å². The van der Waals surface area contributed by atoms with Crippen molar-refractivity contribution in [2.45, 2.75) is 6.54 Å². The molecule has 0 unspecified atom stereocenters. The summed E-state index contributed by atoms with van der Waals surface area (Å²) in [7, 11) is 0. The molecule has 3 rings (SSSR count). The molecule has 1 aliphatic heterocycles. The van der Waals surface area contributed by atoms with Gasteiger partial charge in [0, 0.05) is 6.08 Å². The van der Waals surface area contributed by atoms with Gasteiger partial charge in [-0.1, -0.05) is 6.07 Å². The minimum Gasteiger partial charge on any atom is -0.467 e. The molecule has 1 aromatic heterocycles. The number of amides is 1. The smallest absolute Gasteiger partial charge is 0.331 e. The van der Waals surface area contributed by atoms with Gasteiger partial charge in [-0.2, -0.15) is 0 Å². The predicted molar refractivity (Wildman–Crippen MR) is 83.1 cm³/mol. The number of ether oxygens (including phenoxy) is 3. The first-order valence-electron chi connectivity index (χ1n) is 7.24. The number of hydrogen-bond acceptors (Lipinski definition) is 6. The van der Waals surface area contributed by atoms with E-state index in [1.165, 1.54) is 12.3 Å². The SMILES string of the molecule is O=C(COC(=O)C=Cc1ccc2c(c1)OCO2)NCc1ccco1. The van der Waals surface area contributed by atoms with Crippen LogP contribution in [-0.4, -0.2) is 25.3 Å². The molecule has 1 amide bonds. The van der Waals surface area contributed by atoms with Crippen LogP contribution in [0.1, 0.15) is 11.3 Å². The molecule has 7 heteroatoms. The molecule has 0 spiro atoms. The summed E-state index contributed by atoms with van der Waals surface area (Å²) in [6.45, 7) is 0.0824. The van der Waals surface area contributed by atoms with E-state index in [1.54, 1.807) is 36.4 Å². The van der Waals surface area contributed by atoms with Crippen molar-refractivity contribution in [1.29, 1.82) is 0 Å². The van der Waals surface area contributed by atoms with Crippen LogP contribution < -0.4 is 14.8 Å². The van der Waals surface area contributed by atoms with Crippen LogP contribution in [0, 0.1) is 0 Å². The van der Waals surface area contributed by atoms with E-state index >= 15 is 0 Å². The van der Waals surface area contributed by atoms with Gasteiger partial charge in [0.1, 0.15) is 5.76 Å². The number of hydrogen-bond donors (Lipinski definition) is 1. The highest BCUT2D eigenvalue weighted by Gasteiger charge is 2.12. The zero-order chi connectivity index (χ0) is 16.8. The molecule has 1 N–H and O–H groups in total. The second-order valence-corrected chi connectivity index (χ2v) is 4.91. The minimum absolute atomic E-state index is 0.192. The van der Waals surface area contributed by atoms with Gasteiger partial charge in [0.15, 0.2) is 18.1 Å². The third-order valence-corrected chi connectivity index (χ3v) is 3.19.